The van der Waals surface area contributed by atoms with Gasteiger partial charge in [0.05, 0.1) is 0 Å². The minimum Gasteiger partial charge on any atom is -0.300 e. The largest absolute Gasteiger partial charge is 0.300 e. The molecule has 1 aromatic carbocycles. The van der Waals surface area contributed by atoms with Crippen molar-refractivity contribution in [3.05, 3.63) is 77.1 Å². The Hall–Kier alpha value is -2.00. The highest BCUT2D eigenvalue weighted by Gasteiger charge is 2.36. The average molecular weight is 539 g/mol. The number of rotatable bonds is 6. The number of hydrogen-bond acceptors (Lipinski definition) is 2. The molecular formula is C35H52F2N2. The van der Waals surface area contributed by atoms with Crippen LogP contribution in [0.2, 0.25) is 0 Å². The predicted molar refractivity (Wildman–Crippen MR) is 163 cm³/mol. The zero-order chi connectivity index (χ0) is 28.3. The maximum absolute atomic E-state index is 11.0. The van der Waals surface area contributed by atoms with Gasteiger partial charge in [-0.3, -0.25) is 4.90 Å². The van der Waals surface area contributed by atoms with Gasteiger partial charge in [-0.15, -0.1) is 5.73 Å². The molecular weight excluding hydrogens is 486 g/mol. The molecule has 39 heavy (non-hydrogen) atoms. The Bertz CT molecular complexity index is 988. The van der Waals surface area contributed by atoms with Gasteiger partial charge in [-0.25, -0.2) is 8.78 Å². The SMILES string of the molecule is CC(C)(F)F.Cc1cccc(C(CN2CCN([C@H](C)C3=CC=C=CC=C3)CC2)C2(C)CCCCCCCC2)c1. The maximum Gasteiger partial charge on any atom is 0.242 e. The van der Waals surface area contributed by atoms with Crippen LogP contribution in [-0.4, -0.2) is 54.5 Å². The van der Waals surface area contributed by atoms with Crippen LogP contribution in [0.15, 0.2) is 65.9 Å². The van der Waals surface area contributed by atoms with Gasteiger partial charge in [-0.1, -0.05) is 87.4 Å². The van der Waals surface area contributed by atoms with Crippen LogP contribution < -0.4 is 0 Å². The first kappa shape index (κ1) is 31.5. The monoisotopic (exact) mass is 538 g/mol. The van der Waals surface area contributed by atoms with Crippen molar-refractivity contribution in [2.45, 2.75) is 104 Å². The van der Waals surface area contributed by atoms with E-state index in [0.717, 1.165) is 26.9 Å². The number of halogens is 2. The van der Waals surface area contributed by atoms with Crippen molar-refractivity contribution >= 4 is 0 Å². The third kappa shape index (κ3) is 10.8. The highest BCUT2D eigenvalue weighted by molar-refractivity contribution is 5.33. The Morgan fingerprint density at radius 2 is 1.56 bits per heavy atom. The fraction of sp³-hybridized carbons (Fsp3) is 0.629. The van der Waals surface area contributed by atoms with Crippen molar-refractivity contribution in [2.75, 3.05) is 32.7 Å². The van der Waals surface area contributed by atoms with E-state index < -0.39 is 5.92 Å². The van der Waals surface area contributed by atoms with Gasteiger partial charge in [-0.2, -0.15) is 0 Å². The summed E-state index contributed by atoms with van der Waals surface area (Å²) in [6, 6.07) is 9.90. The molecule has 1 aromatic rings. The lowest BCUT2D eigenvalue weighted by Crippen LogP contribution is -2.51. The van der Waals surface area contributed by atoms with Crippen LogP contribution in [0.25, 0.3) is 0 Å². The number of benzene rings is 1. The highest BCUT2D eigenvalue weighted by Crippen LogP contribution is 2.46. The number of aryl methyl sites for hydroxylation is 1. The van der Waals surface area contributed by atoms with Gasteiger partial charge in [0.1, 0.15) is 0 Å². The second kappa shape index (κ2) is 15.1. The van der Waals surface area contributed by atoms with Crippen LogP contribution in [0.3, 0.4) is 0 Å². The Morgan fingerprint density at radius 1 is 0.949 bits per heavy atom. The van der Waals surface area contributed by atoms with Crippen molar-refractivity contribution < 1.29 is 8.78 Å². The van der Waals surface area contributed by atoms with Crippen LogP contribution in [0.1, 0.15) is 96.1 Å². The molecule has 0 N–H and O–H groups in total. The summed E-state index contributed by atoms with van der Waals surface area (Å²) in [4.78, 5) is 5.43. The molecule has 216 valence electrons. The van der Waals surface area contributed by atoms with E-state index in [2.05, 4.69) is 78.8 Å². The van der Waals surface area contributed by atoms with Crippen molar-refractivity contribution in [3.63, 3.8) is 0 Å². The molecule has 0 bridgehead atoms. The summed E-state index contributed by atoms with van der Waals surface area (Å²) in [5.74, 6) is -1.88. The van der Waals surface area contributed by atoms with Gasteiger partial charge in [0, 0.05) is 44.7 Å². The van der Waals surface area contributed by atoms with Gasteiger partial charge < -0.3 is 4.90 Å². The fourth-order valence-corrected chi connectivity index (χ4v) is 6.40. The Kier molecular flexibility index (Phi) is 12.2. The Morgan fingerprint density at radius 3 is 2.18 bits per heavy atom. The van der Waals surface area contributed by atoms with Gasteiger partial charge in [0.2, 0.25) is 5.92 Å². The summed E-state index contributed by atoms with van der Waals surface area (Å²) in [6.45, 7) is 14.8. The van der Waals surface area contributed by atoms with E-state index in [1.807, 2.05) is 12.2 Å². The number of hydrogen-bond donors (Lipinski definition) is 0. The molecule has 0 radical (unpaired) electrons. The summed E-state index contributed by atoms with van der Waals surface area (Å²) in [5, 5.41) is 0. The molecule has 1 unspecified atom stereocenters. The molecule has 1 saturated carbocycles. The summed E-state index contributed by atoms with van der Waals surface area (Å²) in [6.07, 6.45) is 21.9. The lowest BCUT2D eigenvalue weighted by molar-refractivity contribution is 0.0437. The topological polar surface area (TPSA) is 6.48 Å². The number of allylic oxidation sites excluding steroid dienone is 3. The molecule has 2 nitrogen and oxygen atoms in total. The van der Waals surface area contributed by atoms with Gasteiger partial charge in [0.25, 0.3) is 0 Å². The van der Waals surface area contributed by atoms with Crippen LogP contribution in [-0.2, 0) is 0 Å². The first-order valence-corrected chi connectivity index (χ1v) is 15.3. The second-order valence-corrected chi connectivity index (χ2v) is 12.6. The quantitative estimate of drug-likeness (QED) is 0.333. The van der Waals surface area contributed by atoms with Crippen LogP contribution in [0.5, 0.6) is 0 Å². The molecule has 1 saturated heterocycles. The van der Waals surface area contributed by atoms with Gasteiger partial charge in [-0.05, 0) is 75.3 Å². The van der Waals surface area contributed by atoms with Crippen molar-refractivity contribution in [1.29, 1.82) is 0 Å². The molecule has 1 heterocycles. The average Bonchev–Trinajstić information content (AvgIpc) is 3.11. The van der Waals surface area contributed by atoms with E-state index in [9.17, 15) is 8.78 Å². The van der Waals surface area contributed by atoms with Gasteiger partial charge in [0.15, 0.2) is 0 Å². The minimum atomic E-state index is -2.50. The lowest BCUT2D eigenvalue weighted by atomic mass is 9.67. The van der Waals surface area contributed by atoms with Crippen molar-refractivity contribution in [3.8, 4) is 0 Å². The molecule has 0 spiro atoms. The van der Waals surface area contributed by atoms with E-state index in [1.54, 1.807) is 5.56 Å². The molecule has 3 aliphatic rings. The third-order valence-electron chi connectivity index (χ3n) is 8.76. The summed E-state index contributed by atoms with van der Waals surface area (Å²) < 4.78 is 22.0. The highest BCUT2D eigenvalue weighted by atomic mass is 19.3. The van der Waals surface area contributed by atoms with E-state index in [1.165, 1.54) is 82.1 Å². The summed E-state index contributed by atoms with van der Waals surface area (Å²) in [7, 11) is 0. The minimum absolute atomic E-state index is 0.401. The zero-order valence-corrected chi connectivity index (χ0v) is 25.2. The normalized spacial score (nSPS) is 22.4. The fourth-order valence-electron chi connectivity index (χ4n) is 6.40. The summed E-state index contributed by atoms with van der Waals surface area (Å²) in [5.41, 5.74) is 7.96. The van der Waals surface area contributed by atoms with E-state index in [-0.39, 0.29) is 0 Å². The first-order chi connectivity index (χ1) is 18.5. The lowest BCUT2D eigenvalue weighted by Gasteiger charge is -2.44. The zero-order valence-electron chi connectivity index (χ0n) is 25.2. The molecule has 2 fully saturated rings. The Labute approximate surface area is 237 Å². The third-order valence-corrected chi connectivity index (χ3v) is 8.76. The molecule has 2 aliphatic carbocycles. The molecule has 4 rings (SSSR count). The smallest absolute Gasteiger partial charge is 0.242 e. The summed E-state index contributed by atoms with van der Waals surface area (Å²) >= 11 is 0. The second-order valence-electron chi connectivity index (χ2n) is 12.6. The molecule has 0 amide bonds. The van der Waals surface area contributed by atoms with Crippen molar-refractivity contribution in [1.82, 2.24) is 9.80 Å². The standard InChI is InChI=1S/C32H46N2.C3H6F2/c1-27-15-14-18-30(25-27)31(32(3)19-12-8-4-5-9-13-20-32)26-33-21-23-34(24-22-33)28(2)29-16-10-6-7-11-17-29;1-3(2,4)5/h6,10-11,14-18,25,28,31H,4-5,8-9,12-13,19-24,26H2,1-3H3;1-2H3/t28-,31?;/m1./s1. The predicted octanol–water partition coefficient (Wildman–Crippen LogP) is 9.09. The van der Waals surface area contributed by atoms with Crippen LogP contribution in [0, 0.1) is 12.3 Å². The van der Waals surface area contributed by atoms with E-state index in [4.69, 9.17) is 0 Å². The van der Waals surface area contributed by atoms with Gasteiger partial charge >= 0.3 is 0 Å². The molecule has 0 aromatic heterocycles. The first-order valence-electron chi connectivity index (χ1n) is 15.3. The van der Waals surface area contributed by atoms with E-state index in [0.29, 0.717) is 17.4 Å². The number of alkyl halides is 2. The molecule has 2 atom stereocenters. The molecule has 4 heteroatoms. The molecule has 1 aliphatic heterocycles. The number of nitrogens with zero attached hydrogens (tertiary/aromatic N) is 2. The van der Waals surface area contributed by atoms with Crippen LogP contribution in [0.4, 0.5) is 8.78 Å². The Balaban J connectivity index is 0.000000771. The van der Waals surface area contributed by atoms with Crippen LogP contribution >= 0.6 is 0 Å². The van der Waals surface area contributed by atoms with E-state index >= 15 is 0 Å². The number of piperazine rings is 1. The van der Waals surface area contributed by atoms with Crippen molar-refractivity contribution in [2.24, 2.45) is 5.41 Å². The maximum atomic E-state index is 11.0.